The summed E-state index contributed by atoms with van der Waals surface area (Å²) < 4.78 is 0. The first-order valence-corrected chi connectivity index (χ1v) is 6.54. The van der Waals surface area contributed by atoms with Gasteiger partial charge in [0.15, 0.2) is 0 Å². The third-order valence-corrected chi connectivity index (χ3v) is 3.48. The molecule has 1 aliphatic heterocycles. The lowest BCUT2D eigenvalue weighted by Gasteiger charge is -2.19. The molecule has 0 unspecified atom stereocenters. The minimum absolute atomic E-state index is 0.133. The van der Waals surface area contributed by atoms with Crippen LogP contribution in [-0.4, -0.2) is 41.0 Å². The fourth-order valence-corrected chi connectivity index (χ4v) is 2.20. The van der Waals surface area contributed by atoms with Crippen molar-refractivity contribution in [3.05, 3.63) is 16.6 Å². The fraction of sp³-hybridized carbons (Fsp3) is 0.455. The number of carbonyl (C=O) groups is 2. The van der Waals surface area contributed by atoms with Crippen molar-refractivity contribution < 1.29 is 9.59 Å². The predicted octanol–water partition coefficient (Wildman–Crippen LogP) is 0.410. The molecule has 0 aliphatic carbocycles. The molecule has 7 heteroatoms. The van der Waals surface area contributed by atoms with Crippen molar-refractivity contribution >= 4 is 28.9 Å². The first kappa shape index (κ1) is 12.7. The quantitative estimate of drug-likeness (QED) is 0.857. The van der Waals surface area contributed by atoms with Crippen molar-refractivity contribution in [2.45, 2.75) is 19.3 Å². The molecule has 2 amide bonds. The highest BCUT2D eigenvalue weighted by atomic mass is 32.1. The molecular weight excluding hydrogens is 252 g/mol. The van der Waals surface area contributed by atoms with E-state index in [1.807, 2.05) is 5.38 Å². The van der Waals surface area contributed by atoms with Crippen LogP contribution in [0.3, 0.4) is 0 Å². The van der Waals surface area contributed by atoms with E-state index in [4.69, 9.17) is 0 Å². The van der Waals surface area contributed by atoms with E-state index in [0.29, 0.717) is 25.1 Å². The van der Waals surface area contributed by atoms with E-state index in [0.717, 1.165) is 11.4 Å². The van der Waals surface area contributed by atoms with Crippen molar-refractivity contribution in [1.29, 1.82) is 0 Å². The smallest absolute Gasteiger partial charge is 0.269 e. The standard InChI is InChI=1S/C11H14N4O2S/c1-15(6-4-10-12-5-7-18-10)11(17)8-2-3-9(16)14-13-8/h5,7H,2-4,6H2,1H3,(H,14,16). The lowest BCUT2D eigenvalue weighted by Crippen LogP contribution is -2.38. The van der Waals surface area contributed by atoms with Crippen molar-refractivity contribution in [3.8, 4) is 0 Å². The number of amides is 2. The number of aromatic nitrogens is 1. The van der Waals surface area contributed by atoms with Gasteiger partial charge >= 0.3 is 0 Å². The van der Waals surface area contributed by atoms with Crippen LogP contribution in [0.5, 0.6) is 0 Å². The topological polar surface area (TPSA) is 74.7 Å². The summed E-state index contributed by atoms with van der Waals surface area (Å²) in [6.07, 6.45) is 3.22. The zero-order chi connectivity index (χ0) is 13.0. The first-order chi connectivity index (χ1) is 8.66. The summed E-state index contributed by atoms with van der Waals surface area (Å²) in [7, 11) is 1.73. The molecule has 6 nitrogen and oxygen atoms in total. The molecule has 96 valence electrons. The van der Waals surface area contributed by atoms with Crippen LogP contribution >= 0.6 is 11.3 Å². The number of hydrogen-bond acceptors (Lipinski definition) is 5. The highest BCUT2D eigenvalue weighted by Crippen LogP contribution is 2.07. The van der Waals surface area contributed by atoms with Crippen molar-refractivity contribution in [3.63, 3.8) is 0 Å². The summed E-state index contributed by atoms with van der Waals surface area (Å²) in [6, 6.07) is 0. The van der Waals surface area contributed by atoms with Crippen molar-refractivity contribution in [1.82, 2.24) is 15.3 Å². The summed E-state index contributed by atoms with van der Waals surface area (Å²) in [4.78, 5) is 28.7. The minimum atomic E-state index is -0.142. The summed E-state index contributed by atoms with van der Waals surface area (Å²) in [5, 5.41) is 6.71. The van der Waals surface area contributed by atoms with Crippen LogP contribution in [-0.2, 0) is 16.0 Å². The number of carbonyl (C=O) groups excluding carboxylic acids is 2. The van der Waals surface area contributed by atoms with E-state index < -0.39 is 0 Å². The molecule has 0 fully saturated rings. The Morgan fingerprint density at radius 1 is 1.56 bits per heavy atom. The van der Waals surface area contributed by atoms with Crippen LogP contribution in [0.25, 0.3) is 0 Å². The molecule has 0 aromatic carbocycles. The second-order valence-electron chi connectivity index (χ2n) is 4.00. The van der Waals surface area contributed by atoms with Gasteiger partial charge in [-0.25, -0.2) is 10.4 Å². The van der Waals surface area contributed by atoms with E-state index in [1.165, 1.54) is 0 Å². The Morgan fingerprint density at radius 2 is 2.39 bits per heavy atom. The zero-order valence-corrected chi connectivity index (χ0v) is 10.9. The zero-order valence-electron chi connectivity index (χ0n) is 10.0. The number of rotatable bonds is 4. The van der Waals surface area contributed by atoms with Gasteiger partial charge in [-0.1, -0.05) is 0 Å². The third kappa shape index (κ3) is 3.13. The molecule has 2 heterocycles. The van der Waals surface area contributed by atoms with Gasteiger partial charge in [0.2, 0.25) is 5.91 Å². The van der Waals surface area contributed by atoms with Crippen LogP contribution < -0.4 is 5.43 Å². The summed E-state index contributed by atoms with van der Waals surface area (Å²) in [6.45, 7) is 0.597. The summed E-state index contributed by atoms with van der Waals surface area (Å²) in [5.41, 5.74) is 2.74. The number of thiazole rings is 1. The summed E-state index contributed by atoms with van der Waals surface area (Å²) in [5.74, 6) is -0.274. The van der Waals surface area contributed by atoms with E-state index in [9.17, 15) is 9.59 Å². The molecule has 1 aromatic heterocycles. The molecular formula is C11H14N4O2S. The number of likely N-dealkylation sites (N-methyl/N-ethyl adjacent to an activating group) is 1. The monoisotopic (exact) mass is 266 g/mol. The van der Waals surface area contributed by atoms with Crippen LogP contribution in [0.1, 0.15) is 17.8 Å². The molecule has 0 saturated heterocycles. The van der Waals surface area contributed by atoms with Crippen molar-refractivity contribution in [2.24, 2.45) is 5.10 Å². The SMILES string of the molecule is CN(CCc1nccs1)C(=O)C1=NNC(=O)CC1. The Hall–Kier alpha value is -1.76. The van der Waals surface area contributed by atoms with Gasteiger partial charge in [-0.2, -0.15) is 5.10 Å². The van der Waals surface area contributed by atoms with Gasteiger partial charge in [0.25, 0.3) is 5.91 Å². The van der Waals surface area contributed by atoms with Crippen LogP contribution in [0.2, 0.25) is 0 Å². The van der Waals surface area contributed by atoms with Crippen LogP contribution in [0.15, 0.2) is 16.7 Å². The lowest BCUT2D eigenvalue weighted by atomic mass is 10.1. The number of nitrogens with one attached hydrogen (secondary N) is 1. The fourth-order valence-electron chi connectivity index (χ4n) is 1.59. The molecule has 1 N–H and O–H groups in total. The van der Waals surface area contributed by atoms with Gasteiger partial charge in [0.05, 0.1) is 5.01 Å². The van der Waals surface area contributed by atoms with Gasteiger partial charge in [0.1, 0.15) is 5.71 Å². The second kappa shape index (κ2) is 5.72. The Balaban J connectivity index is 1.87. The van der Waals surface area contributed by atoms with Gasteiger partial charge in [0, 0.05) is 44.4 Å². The molecule has 1 aliphatic rings. The van der Waals surface area contributed by atoms with E-state index in [-0.39, 0.29) is 11.8 Å². The Morgan fingerprint density at radius 3 is 3.00 bits per heavy atom. The average Bonchev–Trinajstić information content (AvgIpc) is 2.89. The Bertz CT molecular complexity index is 469. The first-order valence-electron chi connectivity index (χ1n) is 5.66. The average molecular weight is 266 g/mol. The molecule has 18 heavy (non-hydrogen) atoms. The maximum absolute atomic E-state index is 12.0. The predicted molar refractivity (Wildman–Crippen MR) is 68.3 cm³/mol. The molecule has 0 saturated carbocycles. The largest absolute Gasteiger partial charge is 0.340 e. The maximum atomic E-state index is 12.0. The summed E-state index contributed by atoms with van der Waals surface area (Å²) >= 11 is 1.58. The molecule has 0 atom stereocenters. The van der Waals surface area contributed by atoms with E-state index in [2.05, 4.69) is 15.5 Å². The van der Waals surface area contributed by atoms with E-state index >= 15 is 0 Å². The van der Waals surface area contributed by atoms with Gasteiger partial charge in [-0.05, 0) is 0 Å². The van der Waals surface area contributed by atoms with E-state index in [1.54, 1.807) is 29.5 Å². The van der Waals surface area contributed by atoms with Crippen LogP contribution in [0, 0.1) is 0 Å². The number of hydrazone groups is 1. The highest BCUT2D eigenvalue weighted by Gasteiger charge is 2.21. The van der Waals surface area contributed by atoms with Gasteiger partial charge in [-0.15, -0.1) is 11.3 Å². The van der Waals surface area contributed by atoms with Crippen molar-refractivity contribution in [2.75, 3.05) is 13.6 Å². The lowest BCUT2D eigenvalue weighted by molar-refractivity contribution is -0.123. The molecule has 1 aromatic rings. The third-order valence-electron chi connectivity index (χ3n) is 2.64. The van der Waals surface area contributed by atoms with Crippen LogP contribution in [0.4, 0.5) is 0 Å². The van der Waals surface area contributed by atoms with Gasteiger partial charge < -0.3 is 4.90 Å². The minimum Gasteiger partial charge on any atom is -0.340 e. The van der Waals surface area contributed by atoms with Gasteiger partial charge in [-0.3, -0.25) is 9.59 Å². The molecule has 2 rings (SSSR count). The maximum Gasteiger partial charge on any atom is 0.269 e. The number of nitrogens with zero attached hydrogens (tertiary/aromatic N) is 3. The Labute approximate surface area is 109 Å². The molecule has 0 bridgehead atoms. The molecule has 0 radical (unpaired) electrons. The number of hydrogen-bond donors (Lipinski definition) is 1. The second-order valence-corrected chi connectivity index (χ2v) is 4.98. The normalized spacial score (nSPS) is 14.9. The Kier molecular flexibility index (Phi) is 4.03. The highest BCUT2D eigenvalue weighted by molar-refractivity contribution is 7.09. The molecule has 0 spiro atoms.